The quantitative estimate of drug-likeness (QED) is 0.417. The molecule has 2 aromatic heterocycles. The van der Waals surface area contributed by atoms with Crippen molar-refractivity contribution in [2.24, 2.45) is 4.99 Å². The van der Waals surface area contributed by atoms with Crippen LogP contribution in [0.15, 0.2) is 9.41 Å². The Labute approximate surface area is 158 Å². The van der Waals surface area contributed by atoms with Gasteiger partial charge in [-0.25, -0.2) is 15.0 Å². The lowest BCUT2D eigenvalue weighted by molar-refractivity contribution is 0.473. The number of guanidine groups is 1. The van der Waals surface area contributed by atoms with E-state index in [1.54, 1.807) is 11.3 Å². The fraction of sp³-hybridized carbons (Fsp3) is 0.533. The van der Waals surface area contributed by atoms with Gasteiger partial charge in [0.2, 0.25) is 5.89 Å². The molecule has 2 rings (SSSR count). The smallest absolute Gasteiger partial charge is 0.216 e. The van der Waals surface area contributed by atoms with Crippen LogP contribution in [0.2, 0.25) is 0 Å². The average Bonchev–Trinajstić information content (AvgIpc) is 2.96. The van der Waals surface area contributed by atoms with Crippen molar-refractivity contribution in [2.45, 2.75) is 47.7 Å². The van der Waals surface area contributed by atoms with E-state index in [0.29, 0.717) is 19.0 Å². The number of aromatic nitrogens is 2. The minimum Gasteiger partial charge on any atom is -0.444 e. The van der Waals surface area contributed by atoms with Crippen LogP contribution in [0.1, 0.15) is 39.8 Å². The van der Waals surface area contributed by atoms with Crippen molar-refractivity contribution in [1.29, 1.82) is 0 Å². The van der Waals surface area contributed by atoms with Crippen LogP contribution < -0.4 is 10.6 Å². The van der Waals surface area contributed by atoms with Crippen LogP contribution in [0.5, 0.6) is 0 Å². The third-order valence-electron chi connectivity index (χ3n) is 3.27. The standard InChI is InChI=1S/C15H23N5OS.HI/c1-6-16-15(17-7-13-19-9(2)11(4)21-13)18-8-14-20-10(3)12(5)22-14;/h6-8H2,1-5H3,(H2,16,17,18);1H. The molecule has 0 amide bonds. The first-order valence-electron chi connectivity index (χ1n) is 7.37. The molecule has 0 fully saturated rings. The van der Waals surface area contributed by atoms with Gasteiger partial charge in [0.05, 0.1) is 17.9 Å². The molecule has 23 heavy (non-hydrogen) atoms. The lowest BCUT2D eigenvalue weighted by Crippen LogP contribution is -2.36. The summed E-state index contributed by atoms with van der Waals surface area (Å²) in [6, 6.07) is 0. The first kappa shape index (κ1) is 19.9. The zero-order valence-corrected chi connectivity index (χ0v) is 17.3. The SMILES string of the molecule is CCNC(=NCc1nc(C)c(C)o1)NCc1nc(C)c(C)s1.I. The Morgan fingerprint density at radius 3 is 2.39 bits per heavy atom. The molecule has 0 saturated carbocycles. The van der Waals surface area contributed by atoms with Gasteiger partial charge in [-0.3, -0.25) is 0 Å². The molecule has 2 N–H and O–H groups in total. The van der Waals surface area contributed by atoms with Gasteiger partial charge in [-0.05, 0) is 34.6 Å². The summed E-state index contributed by atoms with van der Waals surface area (Å²) < 4.78 is 5.54. The molecular formula is C15H24IN5OS. The first-order chi connectivity index (χ1) is 10.5. The van der Waals surface area contributed by atoms with Crippen LogP contribution in [-0.4, -0.2) is 22.5 Å². The van der Waals surface area contributed by atoms with E-state index in [2.05, 4.69) is 32.5 Å². The predicted molar refractivity (Wildman–Crippen MR) is 105 cm³/mol. The molecule has 0 aliphatic heterocycles. The topological polar surface area (TPSA) is 75.3 Å². The van der Waals surface area contributed by atoms with Crippen LogP contribution in [0, 0.1) is 27.7 Å². The lowest BCUT2D eigenvalue weighted by Gasteiger charge is -2.09. The Bertz CT molecular complexity index is 626. The minimum absolute atomic E-state index is 0. The van der Waals surface area contributed by atoms with E-state index in [-0.39, 0.29) is 24.0 Å². The molecule has 0 saturated heterocycles. The van der Waals surface area contributed by atoms with E-state index in [1.165, 1.54) is 4.88 Å². The molecule has 0 radical (unpaired) electrons. The number of nitrogens with one attached hydrogen (secondary N) is 2. The molecule has 0 aromatic carbocycles. The fourth-order valence-corrected chi connectivity index (χ4v) is 2.74. The highest BCUT2D eigenvalue weighted by Crippen LogP contribution is 2.15. The predicted octanol–water partition coefficient (Wildman–Crippen LogP) is 3.24. The van der Waals surface area contributed by atoms with Crippen LogP contribution in [-0.2, 0) is 13.1 Å². The van der Waals surface area contributed by atoms with E-state index in [0.717, 1.165) is 34.7 Å². The van der Waals surface area contributed by atoms with Gasteiger partial charge in [-0.2, -0.15) is 0 Å². The number of nitrogens with zero attached hydrogens (tertiary/aromatic N) is 3. The number of hydrogen-bond acceptors (Lipinski definition) is 5. The second-order valence-electron chi connectivity index (χ2n) is 5.05. The maximum atomic E-state index is 5.54. The van der Waals surface area contributed by atoms with Crippen molar-refractivity contribution < 1.29 is 4.42 Å². The number of thiazole rings is 1. The molecule has 0 atom stereocenters. The molecule has 0 bridgehead atoms. The molecular weight excluding hydrogens is 425 g/mol. The number of oxazole rings is 1. The highest BCUT2D eigenvalue weighted by atomic mass is 127. The van der Waals surface area contributed by atoms with E-state index >= 15 is 0 Å². The van der Waals surface area contributed by atoms with Crippen molar-refractivity contribution in [2.75, 3.05) is 6.54 Å². The van der Waals surface area contributed by atoms with E-state index in [1.807, 2.05) is 27.7 Å². The van der Waals surface area contributed by atoms with Gasteiger partial charge in [0.1, 0.15) is 17.3 Å². The second-order valence-corrected chi connectivity index (χ2v) is 6.33. The summed E-state index contributed by atoms with van der Waals surface area (Å²) >= 11 is 1.71. The third-order valence-corrected chi connectivity index (χ3v) is 4.34. The average molecular weight is 449 g/mol. The summed E-state index contributed by atoms with van der Waals surface area (Å²) in [4.78, 5) is 14.6. The summed E-state index contributed by atoms with van der Waals surface area (Å²) in [7, 11) is 0. The Balaban J connectivity index is 0.00000264. The van der Waals surface area contributed by atoms with Crippen LogP contribution in [0.3, 0.4) is 0 Å². The van der Waals surface area contributed by atoms with Crippen molar-refractivity contribution in [3.63, 3.8) is 0 Å². The maximum absolute atomic E-state index is 5.54. The molecule has 0 unspecified atom stereocenters. The minimum atomic E-state index is 0. The van der Waals surface area contributed by atoms with Gasteiger partial charge in [0, 0.05) is 11.4 Å². The van der Waals surface area contributed by atoms with Gasteiger partial charge in [0.25, 0.3) is 0 Å². The Hall–Kier alpha value is -1.16. The van der Waals surface area contributed by atoms with Crippen molar-refractivity contribution in [1.82, 2.24) is 20.6 Å². The Kier molecular flexibility index (Phi) is 7.97. The largest absolute Gasteiger partial charge is 0.444 e. The molecule has 0 aliphatic rings. The molecule has 8 heteroatoms. The molecule has 2 heterocycles. The van der Waals surface area contributed by atoms with E-state index in [9.17, 15) is 0 Å². The van der Waals surface area contributed by atoms with E-state index < -0.39 is 0 Å². The Morgan fingerprint density at radius 1 is 1.13 bits per heavy atom. The summed E-state index contributed by atoms with van der Waals surface area (Å²) in [5.74, 6) is 2.21. The normalized spacial score (nSPS) is 11.3. The number of hydrogen-bond donors (Lipinski definition) is 2. The lowest BCUT2D eigenvalue weighted by atomic mass is 10.4. The van der Waals surface area contributed by atoms with Gasteiger partial charge in [0.15, 0.2) is 5.96 Å². The zero-order valence-electron chi connectivity index (χ0n) is 14.2. The molecule has 0 spiro atoms. The van der Waals surface area contributed by atoms with Gasteiger partial charge in [-0.15, -0.1) is 35.3 Å². The van der Waals surface area contributed by atoms with Crippen molar-refractivity contribution >= 4 is 41.3 Å². The van der Waals surface area contributed by atoms with Crippen LogP contribution in [0.4, 0.5) is 0 Å². The van der Waals surface area contributed by atoms with Crippen molar-refractivity contribution in [3.05, 3.63) is 32.9 Å². The first-order valence-corrected chi connectivity index (χ1v) is 8.19. The van der Waals surface area contributed by atoms with Crippen LogP contribution >= 0.6 is 35.3 Å². The number of rotatable bonds is 5. The van der Waals surface area contributed by atoms with Crippen LogP contribution in [0.25, 0.3) is 0 Å². The van der Waals surface area contributed by atoms with Gasteiger partial charge in [-0.1, -0.05) is 0 Å². The Morgan fingerprint density at radius 2 is 1.87 bits per heavy atom. The van der Waals surface area contributed by atoms with E-state index in [4.69, 9.17) is 4.42 Å². The fourth-order valence-electron chi connectivity index (χ4n) is 1.87. The summed E-state index contributed by atoms with van der Waals surface area (Å²) in [5.41, 5.74) is 2.01. The number of aliphatic imine (C=N–C) groups is 1. The molecule has 6 nitrogen and oxygen atoms in total. The molecule has 0 aliphatic carbocycles. The molecule has 2 aromatic rings. The summed E-state index contributed by atoms with van der Waals surface area (Å²) in [6.07, 6.45) is 0. The highest BCUT2D eigenvalue weighted by Gasteiger charge is 2.07. The summed E-state index contributed by atoms with van der Waals surface area (Å²) in [6.45, 7) is 11.9. The zero-order chi connectivity index (χ0) is 16.1. The number of halogens is 1. The monoisotopic (exact) mass is 449 g/mol. The maximum Gasteiger partial charge on any atom is 0.216 e. The highest BCUT2D eigenvalue weighted by molar-refractivity contribution is 14.0. The van der Waals surface area contributed by atoms with Gasteiger partial charge >= 0.3 is 0 Å². The van der Waals surface area contributed by atoms with Crippen molar-refractivity contribution in [3.8, 4) is 0 Å². The number of aryl methyl sites for hydroxylation is 4. The third kappa shape index (κ3) is 5.76. The molecule has 128 valence electrons. The summed E-state index contributed by atoms with van der Waals surface area (Å²) in [5, 5.41) is 7.56. The van der Waals surface area contributed by atoms with Gasteiger partial charge < -0.3 is 15.1 Å². The second kappa shape index (κ2) is 9.21.